The van der Waals surface area contributed by atoms with Gasteiger partial charge >= 0.3 is 0 Å². The number of ether oxygens (including phenoxy) is 2. The molecule has 8 heteroatoms. The molecule has 3 N–H and O–H groups in total. The molecule has 5 aliphatic heterocycles. The minimum atomic E-state index is -0.437. The van der Waals surface area contributed by atoms with Gasteiger partial charge in [0, 0.05) is 34.1 Å². The number of amides is 2. The lowest BCUT2D eigenvalue weighted by molar-refractivity contribution is -0.133. The van der Waals surface area contributed by atoms with Crippen molar-refractivity contribution >= 4 is 17.8 Å². The van der Waals surface area contributed by atoms with E-state index < -0.39 is 5.54 Å². The third-order valence-corrected chi connectivity index (χ3v) is 8.81. The first kappa shape index (κ1) is 24.8. The molecular weight excluding hydrogens is 480 g/mol. The van der Waals surface area contributed by atoms with Crippen LogP contribution in [-0.2, 0) is 11.2 Å². The topological polar surface area (TPSA) is 104 Å². The van der Waals surface area contributed by atoms with Crippen molar-refractivity contribution in [2.75, 3.05) is 13.2 Å². The molecule has 7 rings (SSSR count). The molecule has 8 nitrogen and oxygen atoms in total. The smallest absolute Gasteiger partial charge is 0.251 e. The van der Waals surface area contributed by atoms with Crippen molar-refractivity contribution in [3.63, 3.8) is 0 Å². The molecule has 1 fully saturated rings. The lowest BCUT2D eigenvalue weighted by atomic mass is 9.78. The summed E-state index contributed by atoms with van der Waals surface area (Å²) in [6, 6.07) is 11.1. The summed E-state index contributed by atoms with van der Waals surface area (Å²) in [5, 5.41) is 15.6. The van der Waals surface area contributed by atoms with Gasteiger partial charge in [-0.2, -0.15) is 0 Å². The van der Waals surface area contributed by atoms with Gasteiger partial charge in [-0.3, -0.25) is 19.9 Å². The third-order valence-electron chi connectivity index (χ3n) is 8.81. The Morgan fingerprint density at radius 1 is 1.08 bits per heavy atom. The highest BCUT2D eigenvalue weighted by atomic mass is 16.5. The summed E-state index contributed by atoms with van der Waals surface area (Å²) < 4.78 is 12.0. The summed E-state index contributed by atoms with van der Waals surface area (Å²) in [4.78, 5) is 28.9. The second kappa shape index (κ2) is 9.03. The predicted molar refractivity (Wildman–Crippen MR) is 144 cm³/mol. The highest BCUT2D eigenvalue weighted by Gasteiger charge is 2.44. The zero-order valence-electron chi connectivity index (χ0n) is 22.4. The van der Waals surface area contributed by atoms with Gasteiger partial charge in [0.1, 0.15) is 11.5 Å². The first-order valence-electron chi connectivity index (χ1n) is 13.7. The normalized spacial score (nSPS) is 28.0. The Morgan fingerprint density at radius 3 is 2.66 bits per heavy atom. The molecule has 0 spiro atoms. The van der Waals surface area contributed by atoms with Crippen LogP contribution in [0.1, 0.15) is 92.0 Å². The lowest BCUT2D eigenvalue weighted by Crippen LogP contribution is -2.63. The Morgan fingerprint density at radius 2 is 1.87 bits per heavy atom. The van der Waals surface area contributed by atoms with Gasteiger partial charge in [0.05, 0.1) is 31.7 Å². The van der Waals surface area contributed by atoms with E-state index >= 15 is 0 Å². The average Bonchev–Trinajstić information content (AvgIpc) is 2.89. The number of hydrogen-bond donors (Lipinski definition) is 3. The van der Waals surface area contributed by atoms with Crippen LogP contribution in [0.4, 0.5) is 0 Å². The van der Waals surface area contributed by atoms with E-state index in [1.54, 1.807) is 11.0 Å². The molecule has 3 atom stereocenters. The molecule has 2 aromatic rings. The molecule has 2 aromatic carbocycles. The van der Waals surface area contributed by atoms with Gasteiger partial charge in [0.15, 0.2) is 5.96 Å². The van der Waals surface area contributed by atoms with Gasteiger partial charge in [-0.1, -0.05) is 32.9 Å². The highest BCUT2D eigenvalue weighted by Crippen LogP contribution is 2.44. The maximum Gasteiger partial charge on any atom is 0.251 e. The van der Waals surface area contributed by atoms with E-state index in [1.807, 2.05) is 18.2 Å². The van der Waals surface area contributed by atoms with Crippen LogP contribution in [0.15, 0.2) is 36.4 Å². The Kier molecular flexibility index (Phi) is 5.89. The van der Waals surface area contributed by atoms with Crippen molar-refractivity contribution in [3.05, 3.63) is 58.7 Å². The van der Waals surface area contributed by atoms with E-state index in [1.165, 1.54) is 5.56 Å². The molecule has 6 bridgehead atoms. The Balaban J connectivity index is 1.46. The fourth-order valence-corrected chi connectivity index (χ4v) is 6.51. The number of hydrogen-bond acceptors (Lipinski definition) is 5. The summed E-state index contributed by atoms with van der Waals surface area (Å²) >= 11 is 0. The summed E-state index contributed by atoms with van der Waals surface area (Å²) in [7, 11) is 0. The Labute approximate surface area is 223 Å². The molecular formula is C30H36N4O4. The fourth-order valence-electron chi connectivity index (χ4n) is 6.51. The molecule has 0 saturated carbocycles. The van der Waals surface area contributed by atoms with Crippen molar-refractivity contribution in [1.82, 2.24) is 15.5 Å². The molecule has 5 aliphatic rings. The standard InChI is InChI=1S/C30H36N4O4/c1-4-30-12-5-6-18-7-9-24-21(14-18)26(29(2,3)17-38-24)32-27(36)19-8-10-23-20(15-19)22(11-13-37-23)34(25(35)16-30)28(31)33-30/h7-10,14-15,22,26H,4-6,11-13,16-17H2,1-3H3,(H2,31,33)(H,32,36)/t22-,26-,30-/m1/s1. The average molecular weight is 517 g/mol. The third kappa shape index (κ3) is 4.10. The van der Waals surface area contributed by atoms with Crippen molar-refractivity contribution in [2.45, 2.75) is 76.9 Å². The maximum atomic E-state index is 13.7. The van der Waals surface area contributed by atoms with Crippen LogP contribution < -0.4 is 20.1 Å². The van der Waals surface area contributed by atoms with Gasteiger partial charge in [-0.15, -0.1) is 0 Å². The maximum absolute atomic E-state index is 13.7. The van der Waals surface area contributed by atoms with Crippen LogP contribution in [0.5, 0.6) is 11.5 Å². The summed E-state index contributed by atoms with van der Waals surface area (Å²) in [6.45, 7) is 7.28. The fraction of sp³-hybridized carbons (Fsp3) is 0.500. The number of guanidine groups is 1. The van der Waals surface area contributed by atoms with Gasteiger partial charge in [0.2, 0.25) is 5.91 Å². The summed E-state index contributed by atoms with van der Waals surface area (Å²) in [5.74, 6) is 1.37. The number of carbonyl (C=O) groups excluding carboxylic acids is 2. The van der Waals surface area contributed by atoms with Gasteiger partial charge in [0.25, 0.3) is 5.91 Å². The monoisotopic (exact) mass is 516 g/mol. The first-order valence-corrected chi connectivity index (χ1v) is 13.7. The van der Waals surface area contributed by atoms with Crippen LogP contribution in [-0.4, -0.2) is 41.4 Å². The second-order valence-electron chi connectivity index (χ2n) is 11.9. The van der Waals surface area contributed by atoms with Crippen molar-refractivity contribution in [2.24, 2.45) is 5.41 Å². The first-order chi connectivity index (χ1) is 18.2. The van der Waals surface area contributed by atoms with E-state index in [0.29, 0.717) is 37.4 Å². The zero-order chi connectivity index (χ0) is 26.7. The van der Waals surface area contributed by atoms with Gasteiger partial charge < -0.3 is 20.1 Å². The van der Waals surface area contributed by atoms with Crippen LogP contribution >= 0.6 is 0 Å². The zero-order valence-corrected chi connectivity index (χ0v) is 22.4. The predicted octanol–water partition coefficient (Wildman–Crippen LogP) is 4.64. The quantitative estimate of drug-likeness (QED) is 0.512. The number of carbonyl (C=O) groups is 2. The van der Waals surface area contributed by atoms with E-state index in [-0.39, 0.29) is 35.3 Å². The number of nitrogens with one attached hydrogen (secondary N) is 3. The summed E-state index contributed by atoms with van der Waals surface area (Å²) in [6.07, 6.45) is 4.18. The SMILES string of the molecule is CC[C@]12CCCc3ccc4c(c3)[C@@H](NC(=O)c3ccc5c(c3)[C@@H](CCO5)N(C(=N)N1)C(=O)C2)C(C)(C)CO4. The molecule has 0 aromatic heterocycles. The highest BCUT2D eigenvalue weighted by molar-refractivity contribution is 6.00. The molecule has 0 unspecified atom stereocenters. The minimum absolute atomic E-state index is 0.0517. The molecule has 5 heterocycles. The molecule has 1 saturated heterocycles. The lowest BCUT2D eigenvalue weighted by Gasteiger charge is -2.46. The number of nitrogens with zero attached hydrogens (tertiary/aromatic N) is 1. The minimum Gasteiger partial charge on any atom is -0.493 e. The second-order valence-corrected chi connectivity index (χ2v) is 11.9. The number of fused-ring (bicyclic) bond motifs is 5. The molecule has 2 amide bonds. The molecule has 38 heavy (non-hydrogen) atoms. The van der Waals surface area contributed by atoms with Gasteiger partial charge in [-0.05, 0) is 55.5 Å². The Bertz CT molecular complexity index is 1300. The van der Waals surface area contributed by atoms with Crippen molar-refractivity contribution in [3.8, 4) is 11.5 Å². The van der Waals surface area contributed by atoms with Crippen LogP contribution in [0.2, 0.25) is 0 Å². The number of rotatable bonds is 1. The molecule has 0 aliphatic carbocycles. The van der Waals surface area contributed by atoms with E-state index in [9.17, 15) is 9.59 Å². The molecule has 200 valence electrons. The van der Waals surface area contributed by atoms with Crippen LogP contribution in [0.25, 0.3) is 0 Å². The van der Waals surface area contributed by atoms with Crippen LogP contribution in [0, 0.1) is 10.8 Å². The van der Waals surface area contributed by atoms with Crippen molar-refractivity contribution in [1.29, 1.82) is 5.41 Å². The van der Waals surface area contributed by atoms with Crippen LogP contribution in [0.3, 0.4) is 0 Å². The number of aryl methyl sites for hydroxylation is 1. The Hall–Kier alpha value is -3.55. The van der Waals surface area contributed by atoms with E-state index in [2.05, 4.69) is 43.5 Å². The molecule has 0 radical (unpaired) electrons. The summed E-state index contributed by atoms with van der Waals surface area (Å²) in [5.41, 5.74) is 2.72. The van der Waals surface area contributed by atoms with E-state index in [0.717, 1.165) is 42.6 Å². The largest absolute Gasteiger partial charge is 0.493 e. The van der Waals surface area contributed by atoms with E-state index in [4.69, 9.17) is 14.9 Å². The van der Waals surface area contributed by atoms with Gasteiger partial charge in [-0.25, -0.2) is 0 Å². The van der Waals surface area contributed by atoms with Crippen molar-refractivity contribution < 1.29 is 19.1 Å². The number of benzene rings is 2.